The van der Waals surface area contributed by atoms with Crippen LogP contribution in [0.5, 0.6) is 5.75 Å². The number of likely N-dealkylation sites (N-methyl/N-ethyl adjacent to an activating group) is 1. The third-order valence-electron chi connectivity index (χ3n) is 8.77. The van der Waals surface area contributed by atoms with E-state index in [0.29, 0.717) is 63.1 Å². The van der Waals surface area contributed by atoms with E-state index in [1.807, 2.05) is 17.7 Å². The van der Waals surface area contributed by atoms with E-state index in [4.69, 9.17) is 21.3 Å². The van der Waals surface area contributed by atoms with Crippen LogP contribution in [0.15, 0.2) is 35.3 Å². The average molecular weight is 653 g/mol. The molecule has 1 fully saturated rings. The summed E-state index contributed by atoms with van der Waals surface area (Å²) in [4.78, 5) is 38.3. The Morgan fingerprint density at radius 1 is 1.13 bits per heavy atom. The van der Waals surface area contributed by atoms with Crippen LogP contribution in [0.1, 0.15) is 52.4 Å². The van der Waals surface area contributed by atoms with Gasteiger partial charge in [0, 0.05) is 52.7 Å². The number of pyridine rings is 1. The Kier molecular flexibility index (Phi) is 8.25. The number of hydrogen-bond donors (Lipinski definition) is 1. The first kappa shape index (κ1) is 31.3. The molecule has 45 heavy (non-hydrogen) atoms. The van der Waals surface area contributed by atoms with Gasteiger partial charge in [0.1, 0.15) is 23.7 Å². The Hall–Kier alpha value is -3.74. The zero-order chi connectivity index (χ0) is 32.2. The minimum atomic E-state index is -3.77. The molecule has 11 nitrogen and oxygen atoms in total. The normalized spacial score (nSPS) is 16.6. The highest BCUT2D eigenvalue weighted by atomic mass is 35.5. The molecule has 3 heterocycles. The molecule has 1 amide bonds. The second kappa shape index (κ2) is 11.9. The fraction of sp³-hybridized carbons (Fsp3) is 0.438. The van der Waals surface area contributed by atoms with Gasteiger partial charge in [0.2, 0.25) is 10.0 Å². The molecule has 2 aliphatic carbocycles. The number of nitrogens with one attached hydrogen (secondary N) is 1. The molecule has 13 heteroatoms. The quantitative estimate of drug-likeness (QED) is 0.289. The maximum atomic E-state index is 13.7. The van der Waals surface area contributed by atoms with E-state index in [9.17, 15) is 18.0 Å². The van der Waals surface area contributed by atoms with E-state index in [1.165, 1.54) is 12.8 Å². The number of fused-ring (bicyclic) bond motifs is 2. The van der Waals surface area contributed by atoms with Gasteiger partial charge in [-0.15, -0.1) is 0 Å². The summed E-state index contributed by atoms with van der Waals surface area (Å²) < 4.78 is 35.3. The first-order chi connectivity index (χ1) is 21.3. The number of benzene rings is 1. The third kappa shape index (κ3) is 6.36. The van der Waals surface area contributed by atoms with Crippen molar-refractivity contribution in [3.05, 3.63) is 74.2 Å². The van der Waals surface area contributed by atoms with Gasteiger partial charge in [0.25, 0.3) is 11.5 Å². The van der Waals surface area contributed by atoms with Gasteiger partial charge in [0.15, 0.2) is 0 Å². The van der Waals surface area contributed by atoms with E-state index in [1.54, 1.807) is 47.5 Å². The van der Waals surface area contributed by atoms with E-state index < -0.39 is 15.9 Å². The number of hydrogen-bond acceptors (Lipinski definition) is 8. The molecule has 0 spiro atoms. The van der Waals surface area contributed by atoms with Crippen LogP contribution in [0.4, 0.5) is 0 Å². The molecule has 6 rings (SSSR count). The SMILES string of the molecule is Cc1cc(-c2cc(Cl)ccc2OCCn2c(C)nc3c(c2=O)CC(N(C)C2CC2)CC3)c2c(n1)c(C(=O)NS(C)(=O)=O)cn2C. The first-order valence-corrected chi connectivity index (χ1v) is 17.3. The first-order valence-electron chi connectivity index (χ1n) is 15.0. The maximum Gasteiger partial charge on any atom is 0.268 e. The predicted octanol–water partition coefficient (Wildman–Crippen LogP) is 3.79. The number of halogens is 1. The lowest BCUT2D eigenvalue weighted by Gasteiger charge is -2.32. The molecule has 4 aromatic rings. The largest absolute Gasteiger partial charge is 0.491 e. The van der Waals surface area contributed by atoms with Crippen LogP contribution in [0.3, 0.4) is 0 Å². The zero-order valence-electron chi connectivity index (χ0n) is 26.1. The van der Waals surface area contributed by atoms with Crippen LogP contribution in [-0.4, -0.2) is 70.3 Å². The highest BCUT2D eigenvalue weighted by Gasteiger charge is 2.34. The molecule has 0 bridgehead atoms. The lowest BCUT2D eigenvalue weighted by molar-refractivity contribution is 0.0983. The summed E-state index contributed by atoms with van der Waals surface area (Å²) >= 11 is 6.46. The third-order valence-corrected chi connectivity index (χ3v) is 9.56. The fourth-order valence-corrected chi connectivity index (χ4v) is 7.03. The van der Waals surface area contributed by atoms with Crippen molar-refractivity contribution in [3.63, 3.8) is 0 Å². The Labute approximate surface area is 267 Å². The molecular weight excluding hydrogens is 616 g/mol. The van der Waals surface area contributed by atoms with E-state index >= 15 is 0 Å². The Morgan fingerprint density at radius 2 is 1.89 bits per heavy atom. The molecule has 3 aromatic heterocycles. The Balaban J connectivity index is 1.29. The zero-order valence-corrected chi connectivity index (χ0v) is 27.6. The molecule has 1 saturated carbocycles. The molecule has 0 radical (unpaired) electrons. The molecule has 1 unspecified atom stereocenters. The fourth-order valence-electron chi connectivity index (χ4n) is 6.41. The minimum Gasteiger partial charge on any atom is -0.491 e. The number of carbonyl (C=O) groups excluding carboxylic acids is 1. The number of ether oxygens (including phenoxy) is 1. The molecule has 0 saturated heterocycles. The van der Waals surface area contributed by atoms with Crippen molar-refractivity contribution in [2.24, 2.45) is 7.05 Å². The summed E-state index contributed by atoms with van der Waals surface area (Å²) in [6.07, 6.45) is 7.49. The van der Waals surface area contributed by atoms with Crippen molar-refractivity contribution in [3.8, 4) is 16.9 Å². The van der Waals surface area contributed by atoms with E-state index in [2.05, 4.69) is 16.9 Å². The monoisotopic (exact) mass is 652 g/mol. The number of nitrogens with zero attached hydrogens (tertiary/aromatic N) is 5. The van der Waals surface area contributed by atoms with Crippen LogP contribution in [-0.2, 0) is 36.5 Å². The van der Waals surface area contributed by atoms with Gasteiger partial charge in [-0.3, -0.25) is 19.1 Å². The van der Waals surface area contributed by atoms with E-state index in [0.717, 1.165) is 36.8 Å². The number of aryl methyl sites for hydroxylation is 4. The van der Waals surface area contributed by atoms with Gasteiger partial charge in [-0.2, -0.15) is 0 Å². The molecule has 1 atom stereocenters. The second-order valence-electron chi connectivity index (χ2n) is 12.2. The van der Waals surface area contributed by atoms with Crippen LogP contribution in [0, 0.1) is 13.8 Å². The number of aromatic nitrogens is 4. The minimum absolute atomic E-state index is 0.00139. The number of amides is 1. The number of sulfonamides is 1. The van der Waals surface area contributed by atoms with Crippen molar-refractivity contribution in [2.45, 2.75) is 64.6 Å². The molecule has 1 aromatic carbocycles. The molecular formula is C32H37ClN6O5S. The molecule has 238 valence electrons. The van der Waals surface area contributed by atoms with Crippen LogP contribution < -0.4 is 15.0 Å². The lowest BCUT2D eigenvalue weighted by Crippen LogP contribution is -2.42. The maximum absolute atomic E-state index is 13.7. The van der Waals surface area contributed by atoms with Crippen molar-refractivity contribution in [2.75, 3.05) is 19.9 Å². The van der Waals surface area contributed by atoms with E-state index in [-0.39, 0.29) is 17.7 Å². The lowest BCUT2D eigenvalue weighted by atomic mass is 9.91. The van der Waals surface area contributed by atoms with Crippen LogP contribution in [0.2, 0.25) is 5.02 Å². The Bertz CT molecular complexity index is 2000. The van der Waals surface area contributed by atoms with Gasteiger partial charge in [-0.1, -0.05) is 11.6 Å². The van der Waals surface area contributed by atoms with Gasteiger partial charge in [-0.25, -0.2) is 18.1 Å². The van der Waals surface area contributed by atoms with Crippen molar-refractivity contribution >= 4 is 38.6 Å². The predicted molar refractivity (Wildman–Crippen MR) is 174 cm³/mol. The highest BCUT2D eigenvalue weighted by molar-refractivity contribution is 7.89. The summed E-state index contributed by atoms with van der Waals surface area (Å²) in [5.74, 6) is 0.444. The van der Waals surface area contributed by atoms with Gasteiger partial charge in [0.05, 0.1) is 29.6 Å². The summed E-state index contributed by atoms with van der Waals surface area (Å²) in [5.41, 5.74) is 4.84. The summed E-state index contributed by atoms with van der Waals surface area (Å²) in [6, 6.07) is 8.16. The Morgan fingerprint density at radius 3 is 2.60 bits per heavy atom. The summed E-state index contributed by atoms with van der Waals surface area (Å²) in [5, 5.41) is 0.487. The number of carbonyl (C=O) groups is 1. The van der Waals surface area contributed by atoms with Crippen molar-refractivity contribution < 1.29 is 17.9 Å². The topological polar surface area (TPSA) is 128 Å². The van der Waals surface area contributed by atoms with Crippen LogP contribution in [0.25, 0.3) is 22.2 Å². The molecule has 0 aliphatic heterocycles. The molecule has 1 N–H and O–H groups in total. The summed E-state index contributed by atoms with van der Waals surface area (Å²) in [6.45, 7) is 4.19. The van der Waals surface area contributed by atoms with Crippen molar-refractivity contribution in [1.29, 1.82) is 0 Å². The highest BCUT2D eigenvalue weighted by Crippen LogP contribution is 2.38. The average Bonchev–Trinajstić information content (AvgIpc) is 3.77. The second-order valence-corrected chi connectivity index (χ2v) is 14.4. The molecule has 2 aliphatic rings. The standard InChI is InChI=1S/C32H37ClN6O5S/c1-18-14-24(30-29(34-18)26(17-37(30)3)31(40)36-45(5,42)43)23-15-20(33)6-11-28(23)44-13-12-39-19(2)35-27-10-9-22(16-25(27)32(39)41)38(4)21-7-8-21/h6,11,14-15,17,21-22H,7-10,12-13,16H2,1-5H3,(H,36,40). The van der Waals surface area contributed by atoms with Crippen molar-refractivity contribution in [1.82, 2.24) is 28.7 Å². The smallest absolute Gasteiger partial charge is 0.268 e. The van der Waals surface area contributed by atoms with Gasteiger partial charge in [-0.05, 0) is 77.3 Å². The summed E-state index contributed by atoms with van der Waals surface area (Å²) in [7, 11) is 0.158. The number of rotatable bonds is 9. The van der Waals surface area contributed by atoms with Gasteiger partial charge >= 0.3 is 0 Å². The van der Waals surface area contributed by atoms with Crippen LogP contribution >= 0.6 is 11.6 Å². The van der Waals surface area contributed by atoms with Gasteiger partial charge < -0.3 is 14.2 Å².